The van der Waals surface area contributed by atoms with Gasteiger partial charge in [-0.15, -0.1) is 11.6 Å². The summed E-state index contributed by atoms with van der Waals surface area (Å²) in [6.07, 6.45) is 2.43. The highest BCUT2D eigenvalue weighted by atomic mass is 35.5. The van der Waals surface area contributed by atoms with Gasteiger partial charge in [-0.1, -0.05) is 6.07 Å². The third-order valence-electron chi connectivity index (χ3n) is 4.01. The molecule has 1 aromatic heterocycles. The molecular weight excluding hydrogens is 288 g/mol. The van der Waals surface area contributed by atoms with Crippen LogP contribution in [-0.2, 0) is 10.6 Å². The van der Waals surface area contributed by atoms with Crippen molar-refractivity contribution in [2.45, 2.75) is 44.7 Å². The van der Waals surface area contributed by atoms with Gasteiger partial charge < -0.3 is 14.0 Å². The lowest BCUT2D eigenvalue weighted by Gasteiger charge is -2.36. The summed E-state index contributed by atoms with van der Waals surface area (Å²) in [5.41, 5.74) is 2.02. The number of alkyl halides is 1. The number of aromatic nitrogens is 2. The number of halogens is 1. The Kier molecular flexibility index (Phi) is 4.36. The summed E-state index contributed by atoms with van der Waals surface area (Å²) in [7, 11) is 0. The standard InChI is InChI=1S/C16H21ClN2O2/c1-3-20-12-8-11(9-12)19-13-6-5-7-14(21-4-2)16(13)18-15(19)10-17/h5-7,11-12H,3-4,8-10H2,1-2H3. The number of hydrogen-bond donors (Lipinski definition) is 0. The van der Waals surface area contributed by atoms with Gasteiger partial charge in [0.25, 0.3) is 0 Å². The normalized spacial score (nSPS) is 21.5. The fraction of sp³-hybridized carbons (Fsp3) is 0.562. The minimum Gasteiger partial charge on any atom is -0.492 e. The van der Waals surface area contributed by atoms with Crippen molar-refractivity contribution in [1.29, 1.82) is 0 Å². The van der Waals surface area contributed by atoms with Crippen LogP contribution in [0.25, 0.3) is 11.0 Å². The fourth-order valence-corrected chi connectivity index (χ4v) is 3.22. The lowest BCUT2D eigenvalue weighted by molar-refractivity contribution is -0.0192. The second kappa shape index (κ2) is 6.24. The molecule has 2 aromatic rings. The summed E-state index contributed by atoms with van der Waals surface area (Å²) in [5.74, 6) is 2.16. The smallest absolute Gasteiger partial charge is 0.147 e. The van der Waals surface area contributed by atoms with E-state index in [0.717, 1.165) is 42.1 Å². The number of para-hydroxylation sites is 1. The molecule has 0 unspecified atom stereocenters. The molecule has 4 nitrogen and oxygen atoms in total. The first-order valence-electron chi connectivity index (χ1n) is 7.58. The monoisotopic (exact) mass is 308 g/mol. The molecule has 0 N–H and O–H groups in total. The van der Waals surface area contributed by atoms with Gasteiger partial charge in [0, 0.05) is 12.6 Å². The van der Waals surface area contributed by atoms with Gasteiger partial charge in [-0.05, 0) is 38.8 Å². The lowest BCUT2D eigenvalue weighted by atomic mass is 9.88. The van der Waals surface area contributed by atoms with Crippen molar-refractivity contribution >= 4 is 22.6 Å². The highest BCUT2D eigenvalue weighted by Gasteiger charge is 2.33. The van der Waals surface area contributed by atoms with Crippen LogP contribution >= 0.6 is 11.6 Å². The molecule has 0 radical (unpaired) electrons. The van der Waals surface area contributed by atoms with Crippen LogP contribution in [-0.4, -0.2) is 28.9 Å². The SMILES string of the molecule is CCOc1cccc2c1nc(CCl)n2C1CC(OCC)C1. The minimum absolute atomic E-state index is 0.371. The maximum absolute atomic E-state index is 6.10. The molecule has 0 saturated heterocycles. The molecule has 0 spiro atoms. The largest absolute Gasteiger partial charge is 0.492 e. The zero-order valence-electron chi connectivity index (χ0n) is 12.5. The summed E-state index contributed by atoms with van der Waals surface area (Å²) in [6.45, 7) is 5.44. The third kappa shape index (κ3) is 2.62. The number of nitrogens with zero attached hydrogens (tertiary/aromatic N) is 2. The van der Waals surface area contributed by atoms with E-state index >= 15 is 0 Å². The van der Waals surface area contributed by atoms with Crippen molar-refractivity contribution in [2.24, 2.45) is 0 Å². The maximum atomic E-state index is 6.10. The summed E-state index contributed by atoms with van der Waals surface area (Å²) >= 11 is 6.10. The molecule has 5 heteroatoms. The predicted octanol–water partition coefficient (Wildman–Crippen LogP) is 3.91. The van der Waals surface area contributed by atoms with Crippen molar-refractivity contribution in [3.05, 3.63) is 24.0 Å². The lowest BCUT2D eigenvalue weighted by Crippen LogP contribution is -2.34. The van der Waals surface area contributed by atoms with Gasteiger partial charge in [-0.3, -0.25) is 0 Å². The Labute approximate surface area is 130 Å². The second-order valence-corrected chi connectivity index (χ2v) is 5.56. The molecule has 0 amide bonds. The van der Waals surface area contributed by atoms with Crippen molar-refractivity contribution < 1.29 is 9.47 Å². The average molecular weight is 309 g/mol. The van der Waals surface area contributed by atoms with Crippen molar-refractivity contribution in [2.75, 3.05) is 13.2 Å². The average Bonchev–Trinajstić information content (AvgIpc) is 2.82. The van der Waals surface area contributed by atoms with Gasteiger partial charge in [0.1, 0.15) is 17.1 Å². The quantitative estimate of drug-likeness (QED) is 0.759. The molecule has 0 atom stereocenters. The Balaban J connectivity index is 1.96. The molecule has 1 fully saturated rings. The third-order valence-corrected chi connectivity index (χ3v) is 4.25. The summed E-state index contributed by atoms with van der Waals surface area (Å²) in [5, 5.41) is 0. The number of hydrogen-bond acceptors (Lipinski definition) is 3. The molecule has 114 valence electrons. The molecule has 21 heavy (non-hydrogen) atoms. The van der Waals surface area contributed by atoms with Crippen LogP contribution in [0.3, 0.4) is 0 Å². The summed E-state index contributed by atoms with van der Waals surface area (Å²) in [6, 6.07) is 6.50. The molecule has 1 aromatic carbocycles. The first-order valence-corrected chi connectivity index (χ1v) is 8.12. The number of ether oxygens (including phenoxy) is 2. The first kappa shape index (κ1) is 14.7. The summed E-state index contributed by atoms with van der Waals surface area (Å²) < 4.78 is 13.6. The molecule has 1 heterocycles. The van der Waals surface area contributed by atoms with Crippen LogP contribution in [0, 0.1) is 0 Å². The fourth-order valence-electron chi connectivity index (χ4n) is 3.03. The van der Waals surface area contributed by atoms with Crippen LogP contribution in [0.4, 0.5) is 0 Å². The molecule has 1 saturated carbocycles. The number of fused-ring (bicyclic) bond motifs is 1. The molecule has 1 aliphatic carbocycles. The van der Waals surface area contributed by atoms with E-state index < -0.39 is 0 Å². The predicted molar refractivity (Wildman–Crippen MR) is 84.1 cm³/mol. The first-order chi connectivity index (χ1) is 10.3. The van der Waals surface area contributed by atoms with Crippen LogP contribution in [0.1, 0.15) is 38.6 Å². The Morgan fingerprint density at radius 3 is 2.76 bits per heavy atom. The van der Waals surface area contributed by atoms with Gasteiger partial charge in [-0.2, -0.15) is 0 Å². The van der Waals surface area contributed by atoms with Crippen LogP contribution < -0.4 is 4.74 Å². The Morgan fingerprint density at radius 2 is 2.10 bits per heavy atom. The minimum atomic E-state index is 0.371. The molecule has 3 rings (SSSR count). The van der Waals surface area contributed by atoms with Gasteiger partial charge >= 0.3 is 0 Å². The van der Waals surface area contributed by atoms with E-state index in [-0.39, 0.29) is 0 Å². The number of rotatable bonds is 6. The van der Waals surface area contributed by atoms with Crippen LogP contribution in [0.2, 0.25) is 0 Å². The molecule has 0 aliphatic heterocycles. The Hall–Kier alpha value is -1.26. The zero-order chi connectivity index (χ0) is 14.8. The van der Waals surface area contributed by atoms with E-state index in [2.05, 4.69) is 15.6 Å². The van der Waals surface area contributed by atoms with E-state index in [1.807, 2.05) is 26.0 Å². The Bertz CT molecular complexity index is 620. The molecule has 1 aliphatic rings. The van der Waals surface area contributed by atoms with Crippen LogP contribution in [0.15, 0.2) is 18.2 Å². The second-order valence-electron chi connectivity index (χ2n) is 5.29. The van der Waals surface area contributed by atoms with Crippen molar-refractivity contribution in [1.82, 2.24) is 9.55 Å². The zero-order valence-corrected chi connectivity index (χ0v) is 13.3. The topological polar surface area (TPSA) is 36.3 Å². The van der Waals surface area contributed by atoms with Gasteiger partial charge in [0.15, 0.2) is 0 Å². The summed E-state index contributed by atoms with van der Waals surface area (Å²) in [4.78, 5) is 4.69. The van der Waals surface area contributed by atoms with E-state index in [1.54, 1.807) is 0 Å². The van der Waals surface area contributed by atoms with E-state index in [1.165, 1.54) is 0 Å². The maximum Gasteiger partial charge on any atom is 0.147 e. The molecular formula is C16H21ClN2O2. The highest BCUT2D eigenvalue weighted by molar-refractivity contribution is 6.16. The van der Waals surface area contributed by atoms with E-state index in [9.17, 15) is 0 Å². The van der Waals surface area contributed by atoms with Gasteiger partial charge in [-0.25, -0.2) is 4.98 Å². The van der Waals surface area contributed by atoms with Gasteiger partial charge in [0.05, 0.1) is 24.1 Å². The Morgan fingerprint density at radius 1 is 1.29 bits per heavy atom. The van der Waals surface area contributed by atoms with Gasteiger partial charge in [0.2, 0.25) is 0 Å². The number of benzene rings is 1. The molecule has 0 bridgehead atoms. The van der Waals surface area contributed by atoms with E-state index in [4.69, 9.17) is 21.1 Å². The van der Waals surface area contributed by atoms with E-state index in [0.29, 0.717) is 24.6 Å². The highest BCUT2D eigenvalue weighted by Crippen LogP contribution is 2.39. The van der Waals surface area contributed by atoms with Crippen LogP contribution in [0.5, 0.6) is 5.75 Å². The number of imidazole rings is 1. The van der Waals surface area contributed by atoms with Crippen molar-refractivity contribution in [3.8, 4) is 5.75 Å². The van der Waals surface area contributed by atoms with Crippen molar-refractivity contribution in [3.63, 3.8) is 0 Å².